The molecule has 0 bridgehead atoms. The number of hydrogen-bond donors (Lipinski definition) is 0. The monoisotopic (exact) mass is 386 g/mol. The standard InChI is InChI=1S/C22H22N6O/c1-16(28-25-19(24-27-28)17-10-4-2-5-11-17)20-23-21(26-29-20)22(14-8-9-15-22)18-12-6-3-7-13-18/h2-7,10-13,16H,8-9,14-15H2,1H3. The van der Waals surface area contributed by atoms with E-state index in [9.17, 15) is 0 Å². The highest BCUT2D eigenvalue weighted by molar-refractivity contribution is 5.53. The summed E-state index contributed by atoms with van der Waals surface area (Å²) in [6.07, 6.45) is 4.40. The molecule has 1 aliphatic rings. The molecular formula is C22H22N6O. The molecule has 0 radical (unpaired) electrons. The third kappa shape index (κ3) is 3.12. The average Bonchev–Trinajstić information content (AvgIpc) is 3.55. The minimum atomic E-state index is -0.296. The molecule has 2 aromatic heterocycles. The van der Waals surface area contributed by atoms with Gasteiger partial charge in [-0.3, -0.25) is 0 Å². The molecule has 5 rings (SSSR count). The van der Waals surface area contributed by atoms with Gasteiger partial charge < -0.3 is 4.52 Å². The highest BCUT2D eigenvalue weighted by Crippen LogP contribution is 2.45. The van der Waals surface area contributed by atoms with Crippen molar-refractivity contribution in [3.05, 3.63) is 77.9 Å². The molecule has 0 N–H and O–H groups in total. The van der Waals surface area contributed by atoms with Crippen LogP contribution in [-0.4, -0.2) is 30.3 Å². The van der Waals surface area contributed by atoms with Gasteiger partial charge in [-0.25, -0.2) is 0 Å². The van der Waals surface area contributed by atoms with E-state index in [4.69, 9.17) is 9.51 Å². The van der Waals surface area contributed by atoms with E-state index in [0.717, 1.165) is 24.2 Å². The van der Waals surface area contributed by atoms with Gasteiger partial charge in [0.15, 0.2) is 5.82 Å². The van der Waals surface area contributed by atoms with Gasteiger partial charge in [-0.15, -0.1) is 10.2 Å². The van der Waals surface area contributed by atoms with Crippen molar-refractivity contribution in [1.82, 2.24) is 30.3 Å². The van der Waals surface area contributed by atoms with E-state index in [1.54, 1.807) is 0 Å². The van der Waals surface area contributed by atoms with Crippen LogP contribution in [0.4, 0.5) is 0 Å². The number of nitrogens with zero attached hydrogens (tertiary/aromatic N) is 6. The largest absolute Gasteiger partial charge is 0.337 e. The molecule has 1 fully saturated rings. The third-order valence-corrected chi connectivity index (χ3v) is 5.82. The van der Waals surface area contributed by atoms with Crippen LogP contribution in [-0.2, 0) is 5.41 Å². The lowest BCUT2D eigenvalue weighted by Gasteiger charge is -2.25. The molecule has 0 amide bonds. The molecule has 1 aliphatic carbocycles. The first kappa shape index (κ1) is 17.7. The van der Waals surface area contributed by atoms with Gasteiger partial charge in [-0.2, -0.15) is 9.78 Å². The number of aromatic nitrogens is 6. The summed E-state index contributed by atoms with van der Waals surface area (Å²) in [5.41, 5.74) is 2.00. The zero-order chi connectivity index (χ0) is 19.7. The Morgan fingerprint density at radius 1 is 0.966 bits per heavy atom. The zero-order valence-corrected chi connectivity index (χ0v) is 16.3. The molecule has 2 aromatic carbocycles. The molecule has 0 spiro atoms. The lowest BCUT2D eigenvalue weighted by atomic mass is 9.78. The topological polar surface area (TPSA) is 82.5 Å². The molecule has 1 atom stereocenters. The minimum absolute atomic E-state index is 0.173. The van der Waals surface area contributed by atoms with E-state index in [1.807, 2.05) is 43.3 Å². The second-order valence-corrected chi connectivity index (χ2v) is 7.59. The summed E-state index contributed by atoms with van der Waals surface area (Å²) in [6.45, 7) is 1.94. The second kappa shape index (κ2) is 7.24. The molecule has 1 unspecified atom stereocenters. The van der Waals surface area contributed by atoms with Crippen LogP contribution in [0.5, 0.6) is 0 Å². The Morgan fingerprint density at radius 3 is 2.38 bits per heavy atom. The Kier molecular flexibility index (Phi) is 4.42. The van der Waals surface area contributed by atoms with E-state index >= 15 is 0 Å². The van der Waals surface area contributed by atoms with Crippen LogP contribution in [0.3, 0.4) is 0 Å². The van der Waals surface area contributed by atoms with Gasteiger partial charge in [-0.1, -0.05) is 78.7 Å². The van der Waals surface area contributed by atoms with Crippen LogP contribution in [0, 0.1) is 0 Å². The quantitative estimate of drug-likeness (QED) is 0.511. The molecule has 7 heteroatoms. The van der Waals surface area contributed by atoms with Gasteiger partial charge in [0.1, 0.15) is 6.04 Å². The van der Waals surface area contributed by atoms with E-state index in [1.165, 1.54) is 23.2 Å². The highest BCUT2D eigenvalue weighted by Gasteiger charge is 2.42. The van der Waals surface area contributed by atoms with Gasteiger partial charge in [0.25, 0.3) is 5.89 Å². The van der Waals surface area contributed by atoms with Gasteiger partial charge in [0.05, 0.1) is 5.41 Å². The molecule has 0 aliphatic heterocycles. The fourth-order valence-corrected chi connectivity index (χ4v) is 4.17. The number of rotatable bonds is 5. The van der Waals surface area contributed by atoms with Crippen LogP contribution in [0.15, 0.2) is 65.2 Å². The van der Waals surface area contributed by atoms with Gasteiger partial charge in [0.2, 0.25) is 5.82 Å². The van der Waals surface area contributed by atoms with Gasteiger partial charge >= 0.3 is 0 Å². The molecule has 29 heavy (non-hydrogen) atoms. The summed E-state index contributed by atoms with van der Waals surface area (Å²) in [5, 5.41) is 17.3. The van der Waals surface area contributed by atoms with Crippen molar-refractivity contribution in [2.75, 3.05) is 0 Å². The van der Waals surface area contributed by atoms with E-state index in [-0.39, 0.29) is 11.5 Å². The zero-order valence-electron chi connectivity index (χ0n) is 16.3. The van der Waals surface area contributed by atoms with E-state index in [0.29, 0.717) is 11.7 Å². The summed E-state index contributed by atoms with van der Waals surface area (Å²) >= 11 is 0. The van der Waals surface area contributed by atoms with Crippen LogP contribution in [0.2, 0.25) is 0 Å². The maximum absolute atomic E-state index is 5.67. The van der Waals surface area contributed by atoms with Crippen molar-refractivity contribution < 1.29 is 4.52 Å². The summed E-state index contributed by atoms with van der Waals surface area (Å²) in [7, 11) is 0. The summed E-state index contributed by atoms with van der Waals surface area (Å²) in [5.74, 6) is 1.83. The first-order valence-electron chi connectivity index (χ1n) is 10.0. The maximum atomic E-state index is 5.67. The van der Waals surface area contributed by atoms with Crippen LogP contribution >= 0.6 is 0 Å². The predicted octanol–water partition coefficient (Wildman–Crippen LogP) is 4.19. The molecule has 2 heterocycles. The van der Waals surface area contributed by atoms with Crippen molar-refractivity contribution in [1.29, 1.82) is 0 Å². The van der Waals surface area contributed by atoms with Crippen LogP contribution in [0.1, 0.15) is 55.9 Å². The first-order chi connectivity index (χ1) is 14.3. The van der Waals surface area contributed by atoms with Crippen molar-refractivity contribution in [3.8, 4) is 11.4 Å². The van der Waals surface area contributed by atoms with Crippen molar-refractivity contribution >= 4 is 0 Å². The van der Waals surface area contributed by atoms with E-state index < -0.39 is 0 Å². The third-order valence-electron chi connectivity index (χ3n) is 5.82. The normalized spacial score (nSPS) is 16.7. The SMILES string of the molecule is CC(c1nc(C2(c3ccccc3)CCCC2)no1)n1nnc(-c2ccccc2)n1. The predicted molar refractivity (Wildman–Crippen MR) is 107 cm³/mol. The molecule has 1 saturated carbocycles. The maximum Gasteiger partial charge on any atom is 0.253 e. The molecular weight excluding hydrogens is 364 g/mol. The number of tetrazole rings is 1. The Labute approximate surface area is 168 Å². The fraction of sp³-hybridized carbons (Fsp3) is 0.318. The highest BCUT2D eigenvalue weighted by atomic mass is 16.5. The average molecular weight is 386 g/mol. The van der Waals surface area contributed by atoms with Crippen LogP contribution in [0.25, 0.3) is 11.4 Å². The summed E-state index contributed by atoms with van der Waals surface area (Å²) < 4.78 is 5.67. The van der Waals surface area contributed by atoms with Gasteiger partial charge in [0, 0.05) is 5.56 Å². The molecule has 146 valence electrons. The second-order valence-electron chi connectivity index (χ2n) is 7.59. The van der Waals surface area contributed by atoms with Crippen molar-refractivity contribution in [2.24, 2.45) is 0 Å². The lowest BCUT2D eigenvalue weighted by Crippen LogP contribution is -2.25. The molecule has 0 saturated heterocycles. The summed E-state index contributed by atoms with van der Waals surface area (Å²) in [6, 6.07) is 20.0. The van der Waals surface area contributed by atoms with Crippen molar-refractivity contribution in [3.63, 3.8) is 0 Å². The molecule has 4 aromatic rings. The Morgan fingerprint density at radius 2 is 1.66 bits per heavy atom. The Hall–Kier alpha value is -3.35. The first-order valence-corrected chi connectivity index (χ1v) is 10.0. The Bertz CT molecular complexity index is 1080. The van der Waals surface area contributed by atoms with Crippen molar-refractivity contribution in [2.45, 2.75) is 44.1 Å². The fourth-order valence-electron chi connectivity index (χ4n) is 4.17. The number of hydrogen-bond acceptors (Lipinski definition) is 6. The minimum Gasteiger partial charge on any atom is -0.337 e. The van der Waals surface area contributed by atoms with Crippen LogP contribution < -0.4 is 0 Å². The summed E-state index contributed by atoms with van der Waals surface area (Å²) in [4.78, 5) is 6.32. The lowest BCUT2D eigenvalue weighted by molar-refractivity contribution is 0.314. The van der Waals surface area contributed by atoms with Gasteiger partial charge in [-0.05, 0) is 30.5 Å². The number of benzene rings is 2. The smallest absolute Gasteiger partial charge is 0.253 e. The van der Waals surface area contributed by atoms with E-state index in [2.05, 4.69) is 44.8 Å². The Balaban J connectivity index is 1.45. The molecule has 7 nitrogen and oxygen atoms in total.